The van der Waals surface area contributed by atoms with Crippen molar-refractivity contribution in [2.24, 2.45) is 5.73 Å². The SMILES string of the molecule is CC(CN)c1ccc(Br)c(Cl)c1O. The van der Waals surface area contributed by atoms with E-state index in [0.29, 0.717) is 16.0 Å². The fraction of sp³-hybridized carbons (Fsp3) is 0.333. The number of hydrogen-bond donors (Lipinski definition) is 2. The molecule has 0 bridgehead atoms. The Morgan fingerprint density at radius 2 is 2.23 bits per heavy atom. The molecule has 0 fully saturated rings. The first kappa shape index (κ1) is 10.8. The fourth-order valence-corrected chi connectivity index (χ4v) is 1.57. The van der Waals surface area contributed by atoms with Gasteiger partial charge in [0.25, 0.3) is 0 Å². The summed E-state index contributed by atoms with van der Waals surface area (Å²) >= 11 is 9.07. The Bertz CT molecular complexity index is 317. The van der Waals surface area contributed by atoms with Crippen molar-refractivity contribution in [3.05, 3.63) is 27.2 Å². The minimum Gasteiger partial charge on any atom is -0.506 e. The van der Waals surface area contributed by atoms with Crippen molar-refractivity contribution in [3.8, 4) is 5.75 Å². The maximum absolute atomic E-state index is 9.66. The quantitative estimate of drug-likeness (QED) is 0.863. The Labute approximate surface area is 90.8 Å². The number of rotatable bonds is 2. The van der Waals surface area contributed by atoms with E-state index in [0.717, 1.165) is 5.56 Å². The van der Waals surface area contributed by atoms with Gasteiger partial charge in [-0.1, -0.05) is 24.6 Å². The molecule has 13 heavy (non-hydrogen) atoms. The highest BCUT2D eigenvalue weighted by atomic mass is 79.9. The largest absolute Gasteiger partial charge is 0.506 e. The third-order valence-electron chi connectivity index (χ3n) is 1.98. The summed E-state index contributed by atoms with van der Waals surface area (Å²) in [4.78, 5) is 0. The Morgan fingerprint density at radius 1 is 1.62 bits per heavy atom. The fourth-order valence-electron chi connectivity index (χ4n) is 1.08. The van der Waals surface area contributed by atoms with Crippen molar-refractivity contribution in [1.82, 2.24) is 0 Å². The van der Waals surface area contributed by atoms with Gasteiger partial charge in [-0.05, 0) is 40.0 Å². The molecule has 0 saturated heterocycles. The van der Waals surface area contributed by atoms with Crippen LogP contribution in [0.25, 0.3) is 0 Å². The zero-order chi connectivity index (χ0) is 10.0. The topological polar surface area (TPSA) is 46.2 Å². The first-order valence-corrected chi connectivity index (χ1v) is 5.12. The van der Waals surface area contributed by atoms with Crippen molar-refractivity contribution in [2.45, 2.75) is 12.8 Å². The van der Waals surface area contributed by atoms with Crippen molar-refractivity contribution in [3.63, 3.8) is 0 Å². The van der Waals surface area contributed by atoms with Gasteiger partial charge in [0.15, 0.2) is 0 Å². The molecule has 0 radical (unpaired) electrons. The Kier molecular flexibility index (Phi) is 3.59. The summed E-state index contributed by atoms with van der Waals surface area (Å²) in [7, 11) is 0. The monoisotopic (exact) mass is 263 g/mol. The van der Waals surface area contributed by atoms with Gasteiger partial charge >= 0.3 is 0 Å². The highest BCUT2D eigenvalue weighted by molar-refractivity contribution is 9.10. The molecule has 0 saturated carbocycles. The van der Waals surface area contributed by atoms with E-state index in [4.69, 9.17) is 17.3 Å². The van der Waals surface area contributed by atoms with E-state index >= 15 is 0 Å². The van der Waals surface area contributed by atoms with Crippen LogP contribution in [0.4, 0.5) is 0 Å². The molecule has 2 nitrogen and oxygen atoms in total. The van der Waals surface area contributed by atoms with Gasteiger partial charge in [-0.25, -0.2) is 0 Å². The molecule has 0 aliphatic carbocycles. The number of hydrogen-bond acceptors (Lipinski definition) is 2. The first-order valence-electron chi connectivity index (χ1n) is 3.94. The van der Waals surface area contributed by atoms with Crippen LogP contribution in [-0.2, 0) is 0 Å². The second-order valence-electron chi connectivity index (χ2n) is 2.94. The summed E-state index contributed by atoms with van der Waals surface area (Å²) in [5, 5.41) is 10.0. The third-order valence-corrected chi connectivity index (χ3v) is 3.26. The molecule has 0 aliphatic rings. The van der Waals surface area contributed by atoms with Gasteiger partial charge in [0.2, 0.25) is 0 Å². The highest BCUT2D eigenvalue weighted by Crippen LogP contribution is 2.37. The van der Waals surface area contributed by atoms with Crippen LogP contribution in [0, 0.1) is 0 Å². The van der Waals surface area contributed by atoms with Gasteiger partial charge in [-0.3, -0.25) is 0 Å². The molecule has 4 heteroatoms. The number of phenolic OH excluding ortho intramolecular Hbond substituents is 1. The zero-order valence-electron chi connectivity index (χ0n) is 7.22. The first-order chi connectivity index (χ1) is 6.07. The normalized spacial score (nSPS) is 12.9. The van der Waals surface area contributed by atoms with E-state index in [9.17, 15) is 5.11 Å². The van der Waals surface area contributed by atoms with Crippen molar-refractivity contribution >= 4 is 27.5 Å². The van der Waals surface area contributed by atoms with E-state index in [1.165, 1.54) is 0 Å². The number of phenols is 1. The number of halogens is 2. The van der Waals surface area contributed by atoms with Gasteiger partial charge in [0.1, 0.15) is 5.75 Å². The van der Waals surface area contributed by atoms with E-state index in [1.54, 1.807) is 0 Å². The summed E-state index contributed by atoms with van der Waals surface area (Å²) in [6.45, 7) is 2.44. The second kappa shape index (κ2) is 4.31. The molecule has 1 aromatic carbocycles. The molecule has 0 spiro atoms. The standard InChI is InChI=1S/C9H11BrClNO/c1-5(4-12)6-2-3-7(10)8(11)9(6)13/h2-3,5,13H,4,12H2,1H3. The summed E-state index contributed by atoms with van der Waals surface area (Å²) in [6.07, 6.45) is 0. The van der Waals surface area contributed by atoms with Crippen LogP contribution in [0.3, 0.4) is 0 Å². The smallest absolute Gasteiger partial charge is 0.138 e. The lowest BCUT2D eigenvalue weighted by molar-refractivity contribution is 0.463. The minimum atomic E-state index is 0.116. The van der Waals surface area contributed by atoms with Gasteiger partial charge in [-0.2, -0.15) is 0 Å². The summed E-state index contributed by atoms with van der Waals surface area (Å²) in [5.74, 6) is 0.236. The Hall–Kier alpha value is -0.250. The average molecular weight is 265 g/mol. The van der Waals surface area contributed by atoms with Crippen LogP contribution in [0.2, 0.25) is 5.02 Å². The van der Waals surface area contributed by atoms with Gasteiger partial charge in [0, 0.05) is 4.47 Å². The zero-order valence-corrected chi connectivity index (χ0v) is 9.56. The summed E-state index contributed by atoms with van der Waals surface area (Å²) < 4.78 is 0.694. The molecule has 1 atom stereocenters. The molecule has 1 rings (SSSR count). The van der Waals surface area contributed by atoms with Crippen molar-refractivity contribution in [2.75, 3.05) is 6.54 Å². The number of aromatic hydroxyl groups is 1. The summed E-state index contributed by atoms with van der Waals surface area (Å²) in [6, 6.07) is 3.63. The maximum atomic E-state index is 9.66. The lowest BCUT2D eigenvalue weighted by Crippen LogP contribution is -2.09. The molecule has 1 unspecified atom stereocenters. The molecule has 0 amide bonds. The second-order valence-corrected chi connectivity index (χ2v) is 4.17. The molecular formula is C9H11BrClNO. The van der Waals surface area contributed by atoms with Gasteiger partial charge in [-0.15, -0.1) is 0 Å². The van der Waals surface area contributed by atoms with Crippen molar-refractivity contribution < 1.29 is 5.11 Å². The molecule has 1 aromatic rings. The van der Waals surface area contributed by atoms with Crippen LogP contribution in [-0.4, -0.2) is 11.7 Å². The molecule has 0 heterocycles. The maximum Gasteiger partial charge on any atom is 0.138 e. The highest BCUT2D eigenvalue weighted by Gasteiger charge is 2.13. The van der Waals surface area contributed by atoms with Crippen LogP contribution < -0.4 is 5.73 Å². The predicted molar refractivity (Wildman–Crippen MR) is 58.3 cm³/mol. The van der Waals surface area contributed by atoms with E-state index < -0.39 is 0 Å². The molecular weight excluding hydrogens is 253 g/mol. The number of nitrogens with two attached hydrogens (primary N) is 1. The lowest BCUT2D eigenvalue weighted by atomic mass is 10.0. The summed E-state index contributed by atoms with van der Waals surface area (Å²) in [5.41, 5.74) is 6.28. The third kappa shape index (κ3) is 2.16. The van der Waals surface area contributed by atoms with Crippen molar-refractivity contribution in [1.29, 1.82) is 0 Å². The van der Waals surface area contributed by atoms with Crippen LogP contribution in [0.5, 0.6) is 5.75 Å². The van der Waals surface area contributed by atoms with E-state index in [1.807, 2.05) is 19.1 Å². The van der Waals surface area contributed by atoms with E-state index in [2.05, 4.69) is 15.9 Å². The van der Waals surface area contributed by atoms with E-state index in [-0.39, 0.29) is 11.7 Å². The van der Waals surface area contributed by atoms with Gasteiger partial charge in [0.05, 0.1) is 5.02 Å². The lowest BCUT2D eigenvalue weighted by Gasteiger charge is -2.12. The average Bonchev–Trinajstić information content (AvgIpc) is 2.13. The molecule has 0 aromatic heterocycles. The number of benzene rings is 1. The van der Waals surface area contributed by atoms with Gasteiger partial charge < -0.3 is 10.8 Å². The molecule has 72 valence electrons. The predicted octanol–water partition coefficient (Wildman–Crippen LogP) is 2.87. The minimum absolute atomic E-state index is 0.116. The van der Waals surface area contributed by atoms with Crippen LogP contribution in [0.1, 0.15) is 18.4 Å². The molecule has 3 N–H and O–H groups in total. The van der Waals surface area contributed by atoms with Crippen LogP contribution in [0.15, 0.2) is 16.6 Å². The van der Waals surface area contributed by atoms with Crippen LogP contribution >= 0.6 is 27.5 Å². The molecule has 0 aliphatic heterocycles. The Morgan fingerprint density at radius 3 is 2.77 bits per heavy atom. The Balaban J connectivity index is 3.18.